The van der Waals surface area contributed by atoms with Crippen LogP contribution in [0.2, 0.25) is 0 Å². The molecule has 2 amide bonds. The molecule has 2 fully saturated rings. The second-order valence-electron chi connectivity index (χ2n) is 9.64. The van der Waals surface area contributed by atoms with Crippen LogP contribution in [0.3, 0.4) is 0 Å². The molecule has 2 aromatic heterocycles. The summed E-state index contributed by atoms with van der Waals surface area (Å²) in [5, 5.41) is 32.1. The van der Waals surface area contributed by atoms with E-state index in [2.05, 4.69) is 15.7 Å². The number of carbonyl (C=O) groups excluding carboxylic acids is 2. The number of nitrogens with one attached hydrogen (secondary N) is 2. The van der Waals surface area contributed by atoms with Gasteiger partial charge in [-0.15, -0.1) is 11.3 Å². The summed E-state index contributed by atoms with van der Waals surface area (Å²) in [5.74, 6) is -0.976. The topological polar surface area (TPSA) is 133 Å². The van der Waals surface area contributed by atoms with E-state index in [1.807, 2.05) is 43.6 Å². The van der Waals surface area contributed by atoms with Crippen LogP contribution in [0, 0.1) is 0 Å². The van der Waals surface area contributed by atoms with Gasteiger partial charge >= 0.3 is 0 Å². The first-order chi connectivity index (χ1) is 17.9. The third kappa shape index (κ3) is 5.25. The van der Waals surface area contributed by atoms with E-state index in [0.717, 1.165) is 47.8 Å². The van der Waals surface area contributed by atoms with E-state index in [9.17, 15) is 19.8 Å². The average Bonchev–Trinajstić information content (AvgIpc) is 3.31. The summed E-state index contributed by atoms with van der Waals surface area (Å²) in [6.45, 7) is 2.23. The van der Waals surface area contributed by atoms with Crippen molar-refractivity contribution in [1.29, 1.82) is 0 Å². The predicted octanol–water partition coefficient (Wildman–Crippen LogP) is 2.51. The number of amides is 2. The molecule has 0 spiro atoms. The molecule has 1 saturated carbocycles. The van der Waals surface area contributed by atoms with Gasteiger partial charge in [0.1, 0.15) is 0 Å². The number of anilines is 1. The van der Waals surface area contributed by atoms with Gasteiger partial charge in [-0.3, -0.25) is 9.59 Å². The highest BCUT2D eigenvalue weighted by Crippen LogP contribution is 2.49. The number of hydrogen-bond donors (Lipinski definition) is 4. The van der Waals surface area contributed by atoms with E-state index in [4.69, 9.17) is 4.98 Å². The highest BCUT2D eigenvalue weighted by atomic mass is 32.1. The first kappa shape index (κ1) is 25.4. The molecule has 3 aromatic rings. The van der Waals surface area contributed by atoms with Gasteiger partial charge in [-0.05, 0) is 62.3 Å². The van der Waals surface area contributed by atoms with Crippen molar-refractivity contribution < 1.29 is 19.8 Å². The molecule has 0 bridgehead atoms. The standard InChI is InChI=1S/C26H32N6O4S/c1-15(16-8-10-18(11-9-16)32-14-4-12-28-32)29-24(35)21(33)22(34)25(36)31-13-3-5-19(31)20-23(17-6-7-17)37-26(27-2)30-20/h4,8-12,14-15,17,19,21-22,33-34H,3,5-7,13H2,1-2H3,(H,27,30)(H,29,35)/t15-,19-,21-,22-/m1/s1. The van der Waals surface area contributed by atoms with Crippen molar-refractivity contribution in [3.8, 4) is 5.69 Å². The number of carbonyl (C=O) groups is 2. The van der Waals surface area contributed by atoms with Crippen molar-refractivity contribution in [3.05, 3.63) is 58.9 Å². The molecule has 0 unspecified atom stereocenters. The molecule has 2 aliphatic rings. The molecule has 0 radical (unpaired) electrons. The number of aliphatic hydroxyl groups is 2. The first-order valence-corrected chi connectivity index (χ1v) is 13.4. The zero-order valence-electron chi connectivity index (χ0n) is 20.9. The van der Waals surface area contributed by atoms with Gasteiger partial charge < -0.3 is 25.7 Å². The van der Waals surface area contributed by atoms with Crippen LogP contribution in [0.1, 0.15) is 66.7 Å². The quantitative estimate of drug-likeness (QED) is 0.338. The summed E-state index contributed by atoms with van der Waals surface area (Å²) in [7, 11) is 1.82. The molecule has 1 aromatic carbocycles. The number of thiazole rings is 1. The maximum absolute atomic E-state index is 13.2. The lowest BCUT2D eigenvalue weighted by atomic mass is 10.1. The Kier molecular flexibility index (Phi) is 7.27. The summed E-state index contributed by atoms with van der Waals surface area (Å²) in [6, 6.07) is 8.59. The van der Waals surface area contributed by atoms with Crippen LogP contribution in [0.25, 0.3) is 5.69 Å². The van der Waals surface area contributed by atoms with Crippen LogP contribution >= 0.6 is 11.3 Å². The monoisotopic (exact) mass is 524 g/mol. The summed E-state index contributed by atoms with van der Waals surface area (Å²) < 4.78 is 1.73. The van der Waals surface area contributed by atoms with Gasteiger partial charge in [0.25, 0.3) is 11.8 Å². The summed E-state index contributed by atoms with van der Waals surface area (Å²) in [4.78, 5) is 33.5. The van der Waals surface area contributed by atoms with Gasteiger partial charge in [0.05, 0.1) is 23.5 Å². The lowest BCUT2D eigenvalue weighted by Crippen LogP contribution is -2.51. The number of benzene rings is 1. The van der Waals surface area contributed by atoms with Crippen molar-refractivity contribution in [2.45, 2.75) is 62.8 Å². The number of aliphatic hydroxyl groups excluding tert-OH is 2. The van der Waals surface area contributed by atoms with E-state index in [1.54, 1.807) is 34.0 Å². The fourth-order valence-electron chi connectivity index (χ4n) is 4.81. The van der Waals surface area contributed by atoms with Crippen molar-refractivity contribution in [2.75, 3.05) is 18.9 Å². The minimum atomic E-state index is -1.88. The predicted molar refractivity (Wildman–Crippen MR) is 139 cm³/mol. The van der Waals surface area contributed by atoms with Crippen LogP contribution < -0.4 is 10.6 Å². The third-order valence-corrected chi connectivity index (χ3v) is 8.29. The molecule has 1 aliphatic heterocycles. The lowest BCUT2D eigenvalue weighted by molar-refractivity contribution is -0.154. The largest absolute Gasteiger partial charge is 0.380 e. The van der Waals surface area contributed by atoms with E-state index < -0.39 is 30.1 Å². The Morgan fingerprint density at radius 1 is 1.14 bits per heavy atom. The van der Waals surface area contributed by atoms with E-state index in [1.165, 1.54) is 4.88 Å². The van der Waals surface area contributed by atoms with Gasteiger partial charge in [-0.1, -0.05) is 12.1 Å². The van der Waals surface area contributed by atoms with Gasteiger partial charge in [-0.25, -0.2) is 9.67 Å². The minimum absolute atomic E-state index is 0.265. The highest BCUT2D eigenvalue weighted by molar-refractivity contribution is 7.15. The number of aromatic nitrogens is 3. The Morgan fingerprint density at radius 2 is 1.89 bits per heavy atom. The fourth-order valence-corrected chi connectivity index (χ4v) is 5.95. The number of hydrogen-bond acceptors (Lipinski definition) is 8. The van der Waals surface area contributed by atoms with Crippen molar-refractivity contribution in [1.82, 2.24) is 25.0 Å². The Bertz CT molecular complexity index is 1240. The molecule has 1 aliphatic carbocycles. The Morgan fingerprint density at radius 3 is 2.54 bits per heavy atom. The lowest BCUT2D eigenvalue weighted by Gasteiger charge is -2.28. The molecule has 4 N–H and O–H groups in total. The zero-order chi connectivity index (χ0) is 26.1. The van der Waals surface area contributed by atoms with Crippen LogP contribution in [0.15, 0.2) is 42.7 Å². The molecular weight excluding hydrogens is 492 g/mol. The molecule has 3 heterocycles. The van der Waals surface area contributed by atoms with Crippen molar-refractivity contribution in [2.24, 2.45) is 0 Å². The van der Waals surface area contributed by atoms with Crippen LogP contribution in [-0.2, 0) is 9.59 Å². The molecule has 1 saturated heterocycles. The van der Waals surface area contributed by atoms with Crippen molar-refractivity contribution >= 4 is 28.3 Å². The zero-order valence-corrected chi connectivity index (χ0v) is 21.7. The SMILES string of the molecule is CNc1nc([C@H]2CCCN2C(=O)[C@H](O)[C@@H](O)C(=O)N[C@H](C)c2ccc(-n3cccn3)cc2)c(C2CC2)s1. The molecule has 5 rings (SSSR count). The molecular formula is C26H32N6O4S. The summed E-state index contributed by atoms with van der Waals surface area (Å²) in [6.07, 6.45) is 3.52. The highest BCUT2D eigenvalue weighted by Gasteiger charge is 2.42. The number of likely N-dealkylation sites (tertiary alicyclic amines) is 1. The minimum Gasteiger partial charge on any atom is -0.380 e. The average molecular weight is 525 g/mol. The number of rotatable bonds is 9. The molecule has 10 nitrogen and oxygen atoms in total. The summed E-state index contributed by atoms with van der Waals surface area (Å²) >= 11 is 1.61. The second-order valence-corrected chi connectivity index (χ2v) is 10.7. The van der Waals surface area contributed by atoms with Crippen LogP contribution in [0.5, 0.6) is 0 Å². The fraction of sp³-hybridized carbons (Fsp3) is 0.462. The molecule has 4 atom stereocenters. The molecule has 37 heavy (non-hydrogen) atoms. The first-order valence-electron chi connectivity index (χ1n) is 12.6. The second kappa shape index (κ2) is 10.6. The summed E-state index contributed by atoms with van der Waals surface area (Å²) in [5.41, 5.74) is 2.56. The van der Waals surface area contributed by atoms with Gasteiger partial charge in [0.15, 0.2) is 17.3 Å². The van der Waals surface area contributed by atoms with Crippen LogP contribution in [-0.4, -0.2) is 67.5 Å². The Labute approximate surface area is 219 Å². The Balaban J connectivity index is 1.23. The van der Waals surface area contributed by atoms with Crippen molar-refractivity contribution in [3.63, 3.8) is 0 Å². The maximum Gasteiger partial charge on any atom is 0.255 e. The van der Waals surface area contributed by atoms with Gasteiger partial charge in [0.2, 0.25) is 0 Å². The maximum atomic E-state index is 13.2. The molecule has 11 heteroatoms. The third-order valence-electron chi connectivity index (χ3n) is 7.04. The smallest absolute Gasteiger partial charge is 0.255 e. The van der Waals surface area contributed by atoms with Gasteiger partial charge in [-0.2, -0.15) is 5.10 Å². The van der Waals surface area contributed by atoms with Gasteiger partial charge in [0, 0.05) is 30.9 Å². The number of nitrogens with zero attached hydrogens (tertiary/aromatic N) is 4. The van der Waals surface area contributed by atoms with Crippen LogP contribution in [0.4, 0.5) is 5.13 Å². The van der Waals surface area contributed by atoms with E-state index >= 15 is 0 Å². The van der Waals surface area contributed by atoms with E-state index in [0.29, 0.717) is 12.5 Å². The molecule has 196 valence electrons. The Hall–Kier alpha value is -3.28. The normalized spacial score (nSPS) is 19.9. The van der Waals surface area contributed by atoms with E-state index in [-0.39, 0.29) is 6.04 Å².